The highest BCUT2D eigenvalue weighted by atomic mass is 32.2. The summed E-state index contributed by atoms with van der Waals surface area (Å²) in [6.45, 7) is 3.73. The average Bonchev–Trinajstić information content (AvgIpc) is 2.93. The summed E-state index contributed by atoms with van der Waals surface area (Å²) in [4.78, 5) is 23.4. The summed E-state index contributed by atoms with van der Waals surface area (Å²) in [6.07, 6.45) is 6.61. The van der Waals surface area contributed by atoms with Crippen molar-refractivity contribution < 1.29 is 14.7 Å². The van der Waals surface area contributed by atoms with Crippen LogP contribution in [0.2, 0.25) is 0 Å². The molecule has 0 aliphatic heterocycles. The van der Waals surface area contributed by atoms with Gasteiger partial charge in [0.2, 0.25) is 5.91 Å². The maximum Gasteiger partial charge on any atom is 0.307 e. The number of amides is 1. The molecule has 2 aliphatic rings. The molecule has 4 nitrogen and oxygen atoms in total. The molecular formula is C14H23NO3S. The highest BCUT2D eigenvalue weighted by Crippen LogP contribution is 2.58. The van der Waals surface area contributed by atoms with Crippen LogP contribution in [-0.4, -0.2) is 34.5 Å². The van der Waals surface area contributed by atoms with Gasteiger partial charge in [0.25, 0.3) is 0 Å². The average molecular weight is 285 g/mol. The second-order valence-corrected chi connectivity index (χ2v) is 7.37. The zero-order valence-electron chi connectivity index (χ0n) is 11.8. The first-order chi connectivity index (χ1) is 8.89. The number of aliphatic carboxylic acids is 1. The van der Waals surface area contributed by atoms with E-state index in [0.29, 0.717) is 5.25 Å². The van der Waals surface area contributed by atoms with E-state index in [1.807, 2.05) is 13.8 Å². The Hall–Kier alpha value is -0.710. The van der Waals surface area contributed by atoms with Gasteiger partial charge in [0, 0.05) is 11.3 Å². The quantitative estimate of drug-likeness (QED) is 0.830. The SMILES string of the molecule is CSC1CCCCC1NC(=O)C1C(C(=O)O)C1(C)C. The van der Waals surface area contributed by atoms with Crippen molar-refractivity contribution in [2.75, 3.05) is 6.26 Å². The van der Waals surface area contributed by atoms with Crippen LogP contribution < -0.4 is 5.32 Å². The fourth-order valence-electron chi connectivity index (χ4n) is 3.40. The van der Waals surface area contributed by atoms with Gasteiger partial charge in [-0.05, 0) is 24.5 Å². The van der Waals surface area contributed by atoms with Crippen LogP contribution in [0, 0.1) is 17.3 Å². The van der Waals surface area contributed by atoms with E-state index >= 15 is 0 Å². The Kier molecular flexibility index (Phi) is 4.14. The number of carbonyl (C=O) groups excluding carboxylic acids is 1. The first kappa shape index (κ1) is 14.7. The number of hydrogen-bond donors (Lipinski definition) is 2. The molecule has 0 spiro atoms. The van der Waals surface area contributed by atoms with Gasteiger partial charge in [0.15, 0.2) is 0 Å². The minimum Gasteiger partial charge on any atom is -0.481 e. The maximum atomic E-state index is 12.3. The normalized spacial score (nSPS) is 36.6. The van der Waals surface area contributed by atoms with Crippen LogP contribution in [0.1, 0.15) is 39.5 Å². The molecule has 0 heterocycles. The van der Waals surface area contributed by atoms with Crippen molar-refractivity contribution in [3.05, 3.63) is 0 Å². The first-order valence-electron chi connectivity index (χ1n) is 6.95. The molecule has 2 N–H and O–H groups in total. The predicted molar refractivity (Wildman–Crippen MR) is 76.1 cm³/mol. The second kappa shape index (κ2) is 5.35. The van der Waals surface area contributed by atoms with Crippen molar-refractivity contribution in [1.29, 1.82) is 0 Å². The maximum absolute atomic E-state index is 12.3. The molecule has 0 aromatic heterocycles. The third-order valence-corrected chi connectivity index (χ3v) is 5.88. The Balaban J connectivity index is 1.96. The van der Waals surface area contributed by atoms with E-state index in [1.165, 1.54) is 6.42 Å². The number of thioether (sulfide) groups is 1. The van der Waals surface area contributed by atoms with Gasteiger partial charge in [-0.1, -0.05) is 26.7 Å². The molecule has 4 unspecified atom stereocenters. The van der Waals surface area contributed by atoms with Gasteiger partial charge >= 0.3 is 5.97 Å². The molecule has 19 heavy (non-hydrogen) atoms. The van der Waals surface area contributed by atoms with Crippen LogP contribution >= 0.6 is 11.8 Å². The van der Waals surface area contributed by atoms with Gasteiger partial charge in [-0.3, -0.25) is 9.59 Å². The summed E-state index contributed by atoms with van der Waals surface area (Å²) in [5.74, 6) is -1.81. The van der Waals surface area contributed by atoms with Gasteiger partial charge in [-0.15, -0.1) is 0 Å². The van der Waals surface area contributed by atoms with Gasteiger partial charge in [-0.25, -0.2) is 0 Å². The monoisotopic (exact) mass is 285 g/mol. The highest BCUT2D eigenvalue weighted by molar-refractivity contribution is 7.99. The lowest BCUT2D eigenvalue weighted by Gasteiger charge is -2.31. The lowest BCUT2D eigenvalue weighted by atomic mass is 9.94. The van der Waals surface area contributed by atoms with Crippen molar-refractivity contribution in [2.45, 2.75) is 50.8 Å². The summed E-state index contributed by atoms with van der Waals surface area (Å²) in [6, 6.07) is 0.210. The fourth-order valence-corrected chi connectivity index (χ4v) is 4.34. The Morgan fingerprint density at radius 3 is 2.37 bits per heavy atom. The second-order valence-electron chi connectivity index (χ2n) is 6.29. The van der Waals surface area contributed by atoms with Crippen LogP contribution in [0.3, 0.4) is 0 Å². The van der Waals surface area contributed by atoms with Gasteiger partial charge in [0.1, 0.15) is 0 Å². The number of rotatable bonds is 4. The number of nitrogens with one attached hydrogen (secondary N) is 1. The van der Waals surface area contributed by atoms with Crippen molar-refractivity contribution >= 4 is 23.6 Å². The Labute approximate surface area is 118 Å². The topological polar surface area (TPSA) is 66.4 Å². The van der Waals surface area contributed by atoms with Crippen molar-refractivity contribution in [3.63, 3.8) is 0 Å². The molecule has 108 valence electrons. The fraction of sp³-hybridized carbons (Fsp3) is 0.857. The van der Waals surface area contributed by atoms with Gasteiger partial charge in [-0.2, -0.15) is 11.8 Å². The minimum absolute atomic E-state index is 0.0663. The molecule has 0 aromatic rings. The Morgan fingerprint density at radius 2 is 1.84 bits per heavy atom. The molecule has 2 fully saturated rings. The van der Waals surface area contributed by atoms with E-state index in [4.69, 9.17) is 5.11 Å². The summed E-state index contributed by atoms with van der Waals surface area (Å²) in [7, 11) is 0. The molecule has 2 aliphatic carbocycles. The highest BCUT2D eigenvalue weighted by Gasteiger charge is 2.66. The van der Waals surface area contributed by atoms with Crippen LogP contribution in [0.25, 0.3) is 0 Å². The molecule has 0 aromatic carbocycles. The molecule has 2 saturated carbocycles. The third kappa shape index (κ3) is 2.76. The lowest BCUT2D eigenvalue weighted by molar-refractivity contribution is -0.140. The van der Waals surface area contributed by atoms with Crippen molar-refractivity contribution in [2.24, 2.45) is 17.3 Å². The van der Waals surface area contributed by atoms with Gasteiger partial charge in [0.05, 0.1) is 11.8 Å². The number of carboxylic acid groups (broad SMARTS) is 1. The molecule has 1 amide bonds. The van der Waals surface area contributed by atoms with Gasteiger partial charge < -0.3 is 10.4 Å². The molecule has 0 radical (unpaired) electrons. The molecule has 5 heteroatoms. The summed E-state index contributed by atoms with van der Waals surface area (Å²) in [5, 5.41) is 12.7. The van der Waals surface area contributed by atoms with E-state index in [-0.39, 0.29) is 17.9 Å². The van der Waals surface area contributed by atoms with Crippen molar-refractivity contribution in [1.82, 2.24) is 5.32 Å². The lowest BCUT2D eigenvalue weighted by Crippen LogP contribution is -2.45. The van der Waals surface area contributed by atoms with Crippen LogP contribution in [0.4, 0.5) is 0 Å². The number of carbonyl (C=O) groups is 2. The summed E-state index contributed by atoms with van der Waals surface area (Å²) < 4.78 is 0. The summed E-state index contributed by atoms with van der Waals surface area (Å²) >= 11 is 1.80. The largest absolute Gasteiger partial charge is 0.481 e. The Bertz CT molecular complexity index is 383. The van der Waals surface area contributed by atoms with Crippen LogP contribution in [0.15, 0.2) is 0 Å². The summed E-state index contributed by atoms with van der Waals surface area (Å²) in [5.41, 5.74) is -0.403. The molecule has 0 saturated heterocycles. The smallest absolute Gasteiger partial charge is 0.307 e. The van der Waals surface area contributed by atoms with E-state index in [2.05, 4.69) is 11.6 Å². The van der Waals surface area contributed by atoms with Crippen LogP contribution in [-0.2, 0) is 9.59 Å². The number of hydrogen-bond acceptors (Lipinski definition) is 3. The molecule has 2 rings (SSSR count). The van der Waals surface area contributed by atoms with E-state index in [9.17, 15) is 9.59 Å². The molecule has 0 bridgehead atoms. The third-order valence-electron chi connectivity index (χ3n) is 4.71. The molecular weight excluding hydrogens is 262 g/mol. The standard InChI is InChI=1S/C14H23NO3S/c1-14(2)10(11(14)13(17)18)12(16)15-8-6-4-5-7-9(8)19-3/h8-11H,4-7H2,1-3H3,(H,15,16)(H,17,18). The zero-order valence-corrected chi connectivity index (χ0v) is 12.6. The van der Waals surface area contributed by atoms with E-state index < -0.39 is 17.3 Å². The van der Waals surface area contributed by atoms with Crippen LogP contribution in [0.5, 0.6) is 0 Å². The predicted octanol–water partition coefficient (Wildman–Crippen LogP) is 2.13. The zero-order chi connectivity index (χ0) is 14.2. The van der Waals surface area contributed by atoms with Crippen molar-refractivity contribution in [3.8, 4) is 0 Å². The first-order valence-corrected chi connectivity index (χ1v) is 8.24. The number of carboxylic acids is 1. The van der Waals surface area contributed by atoms with E-state index in [1.54, 1.807) is 11.8 Å². The van der Waals surface area contributed by atoms with E-state index in [0.717, 1.165) is 19.3 Å². The minimum atomic E-state index is -0.852. The molecule has 4 atom stereocenters. The Morgan fingerprint density at radius 1 is 1.21 bits per heavy atom.